The number of halogens is 1. The van der Waals surface area contributed by atoms with E-state index in [1.807, 2.05) is 30.3 Å². The molecule has 104 valence electrons. The third-order valence-electron chi connectivity index (χ3n) is 3.16. The monoisotopic (exact) mass is 334 g/mol. The number of rotatable bonds is 2. The molecule has 0 spiro atoms. The van der Waals surface area contributed by atoms with Crippen molar-refractivity contribution in [3.05, 3.63) is 34.9 Å². The Morgan fingerprint density at radius 2 is 1.95 bits per heavy atom. The Morgan fingerprint density at radius 3 is 2.70 bits per heavy atom. The Labute approximate surface area is 125 Å². The van der Waals surface area contributed by atoms with Crippen molar-refractivity contribution in [3.8, 4) is 11.4 Å². The topological polar surface area (TPSA) is 64.3 Å². The molecule has 1 fully saturated rings. The fourth-order valence-electron chi connectivity index (χ4n) is 2.17. The van der Waals surface area contributed by atoms with Gasteiger partial charge in [0.25, 0.3) is 0 Å². The molecule has 0 bridgehead atoms. The highest BCUT2D eigenvalue weighted by atomic mass is 79.9. The van der Waals surface area contributed by atoms with E-state index in [0.29, 0.717) is 11.5 Å². The summed E-state index contributed by atoms with van der Waals surface area (Å²) >= 11 is 3.46. The van der Waals surface area contributed by atoms with Crippen LogP contribution in [0.2, 0.25) is 0 Å². The van der Waals surface area contributed by atoms with Crippen LogP contribution >= 0.6 is 15.9 Å². The molecule has 20 heavy (non-hydrogen) atoms. The molecule has 1 aromatic heterocycles. The van der Waals surface area contributed by atoms with Gasteiger partial charge in [-0.05, 0) is 28.1 Å². The minimum atomic E-state index is 0.674. The average Bonchev–Trinajstić information content (AvgIpc) is 2.47. The minimum Gasteiger partial charge on any atom is -0.399 e. The number of hydrogen-bond donors (Lipinski definition) is 1. The second-order valence-corrected chi connectivity index (χ2v) is 5.41. The molecule has 0 saturated carbocycles. The summed E-state index contributed by atoms with van der Waals surface area (Å²) < 4.78 is 6.14. The Bertz CT molecular complexity index is 614. The van der Waals surface area contributed by atoms with Crippen LogP contribution < -0.4 is 10.6 Å². The molecule has 2 N–H and O–H groups in total. The van der Waals surface area contributed by atoms with E-state index in [9.17, 15) is 0 Å². The van der Waals surface area contributed by atoms with Crippen molar-refractivity contribution in [2.24, 2.45) is 0 Å². The smallest absolute Gasteiger partial charge is 0.162 e. The fraction of sp³-hybridized carbons (Fsp3) is 0.286. The van der Waals surface area contributed by atoms with Gasteiger partial charge in [-0.1, -0.05) is 12.1 Å². The maximum atomic E-state index is 5.82. The summed E-state index contributed by atoms with van der Waals surface area (Å²) in [5.74, 6) is 1.58. The van der Waals surface area contributed by atoms with Crippen LogP contribution in [0.15, 0.2) is 34.9 Å². The zero-order valence-corrected chi connectivity index (χ0v) is 12.5. The summed E-state index contributed by atoms with van der Waals surface area (Å²) in [6.07, 6.45) is 0. The predicted octanol–water partition coefficient (Wildman–Crippen LogP) is 2.32. The number of aromatic nitrogens is 2. The van der Waals surface area contributed by atoms with E-state index in [0.717, 1.165) is 42.3 Å². The first-order valence-electron chi connectivity index (χ1n) is 6.45. The Hall–Kier alpha value is -1.66. The highest BCUT2D eigenvalue weighted by Gasteiger charge is 2.15. The highest BCUT2D eigenvalue weighted by Crippen LogP contribution is 2.24. The van der Waals surface area contributed by atoms with E-state index in [2.05, 4.69) is 30.8 Å². The van der Waals surface area contributed by atoms with Crippen LogP contribution in [0.4, 0.5) is 11.5 Å². The van der Waals surface area contributed by atoms with Gasteiger partial charge >= 0.3 is 0 Å². The van der Waals surface area contributed by atoms with E-state index in [1.54, 1.807) is 0 Å². The lowest BCUT2D eigenvalue weighted by Crippen LogP contribution is -2.36. The van der Waals surface area contributed by atoms with Gasteiger partial charge in [-0.2, -0.15) is 0 Å². The molecule has 2 aromatic rings. The van der Waals surface area contributed by atoms with Crippen molar-refractivity contribution in [1.29, 1.82) is 0 Å². The standard InChI is InChI=1S/C14H15BrN4O/c15-12-9-13(19-4-6-20-7-5-19)18-14(17-12)10-2-1-3-11(16)8-10/h1-3,8-9H,4-7,16H2. The van der Waals surface area contributed by atoms with Gasteiger partial charge in [0.05, 0.1) is 13.2 Å². The van der Waals surface area contributed by atoms with Gasteiger partial charge in [-0.3, -0.25) is 0 Å². The second kappa shape index (κ2) is 5.76. The largest absolute Gasteiger partial charge is 0.399 e. The lowest BCUT2D eigenvalue weighted by atomic mass is 10.2. The number of morpholine rings is 1. The first-order valence-corrected chi connectivity index (χ1v) is 7.25. The third-order valence-corrected chi connectivity index (χ3v) is 3.57. The molecular formula is C14H15BrN4O. The summed E-state index contributed by atoms with van der Waals surface area (Å²) in [6.45, 7) is 3.16. The maximum absolute atomic E-state index is 5.82. The zero-order chi connectivity index (χ0) is 13.9. The molecule has 5 nitrogen and oxygen atoms in total. The van der Waals surface area contributed by atoms with Crippen LogP contribution in [-0.4, -0.2) is 36.3 Å². The number of nitrogens with zero attached hydrogens (tertiary/aromatic N) is 3. The van der Waals surface area contributed by atoms with Gasteiger partial charge < -0.3 is 15.4 Å². The van der Waals surface area contributed by atoms with Crippen LogP contribution in [0.1, 0.15) is 0 Å². The van der Waals surface area contributed by atoms with Crippen LogP contribution in [0.3, 0.4) is 0 Å². The normalized spacial score (nSPS) is 15.3. The molecule has 1 aliphatic rings. The maximum Gasteiger partial charge on any atom is 0.162 e. The van der Waals surface area contributed by atoms with Crippen molar-refractivity contribution >= 4 is 27.4 Å². The average molecular weight is 335 g/mol. The number of nitrogen functional groups attached to an aromatic ring is 1. The molecule has 0 aliphatic carbocycles. The molecular weight excluding hydrogens is 320 g/mol. The quantitative estimate of drug-likeness (QED) is 0.674. The molecule has 1 saturated heterocycles. The van der Waals surface area contributed by atoms with Crippen molar-refractivity contribution in [2.45, 2.75) is 0 Å². The Kier molecular flexibility index (Phi) is 3.84. The van der Waals surface area contributed by atoms with Crippen LogP contribution in [0, 0.1) is 0 Å². The molecule has 6 heteroatoms. The number of hydrogen-bond acceptors (Lipinski definition) is 5. The van der Waals surface area contributed by atoms with Crippen LogP contribution in [0.25, 0.3) is 11.4 Å². The van der Waals surface area contributed by atoms with Crippen molar-refractivity contribution in [2.75, 3.05) is 36.9 Å². The highest BCUT2D eigenvalue weighted by molar-refractivity contribution is 9.10. The van der Waals surface area contributed by atoms with Crippen LogP contribution in [0.5, 0.6) is 0 Å². The number of nitrogens with two attached hydrogens (primary N) is 1. The van der Waals surface area contributed by atoms with Crippen molar-refractivity contribution < 1.29 is 4.74 Å². The van der Waals surface area contributed by atoms with Gasteiger partial charge in [0.15, 0.2) is 5.82 Å². The van der Waals surface area contributed by atoms with Gasteiger partial charge in [0.1, 0.15) is 10.4 Å². The number of benzene rings is 1. The Balaban J connectivity index is 1.97. The van der Waals surface area contributed by atoms with Crippen molar-refractivity contribution in [3.63, 3.8) is 0 Å². The SMILES string of the molecule is Nc1cccc(-c2nc(Br)cc(N3CCOCC3)n2)c1. The summed E-state index contributed by atoms with van der Waals surface area (Å²) in [4.78, 5) is 11.3. The van der Waals surface area contributed by atoms with Gasteiger partial charge in [-0.15, -0.1) is 0 Å². The third kappa shape index (κ3) is 2.91. The lowest BCUT2D eigenvalue weighted by molar-refractivity contribution is 0.122. The van der Waals surface area contributed by atoms with Crippen molar-refractivity contribution in [1.82, 2.24) is 9.97 Å². The van der Waals surface area contributed by atoms with E-state index < -0.39 is 0 Å². The first kappa shape index (κ1) is 13.3. The van der Waals surface area contributed by atoms with Gasteiger partial charge in [0, 0.05) is 30.4 Å². The lowest BCUT2D eigenvalue weighted by Gasteiger charge is -2.28. The summed E-state index contributed by atoms with van der Waals surface area (Å²) in [5.41, 5.74) is 7.45. The van der Waals surface area contributed by atoms with Gasteiger partial charge in [-0.25, -0.2) is 9.97 Å². The minimum absolute atomic E-state index is 0.674. The fourth-order valence-corrected chi connectivity index (χ4v) is 2.54. The molecule has 0 atom stereocenters. The van der Waals surface area contributed by atoms with E-state index in [1.165, 1.54) is 0 Å². The predicted molar refractivity (Wildman–Crippen MR) is 82.6 cm³/mol. The number of anilines is 2. The summed E-state index contributed by atoms with van der Waals surface area (Å²) in [5, 5.41) is 0. The van der Waals surface area contributed by atoms with Crippen LogP contribution in [-0.2, 0) is 4.74 Å². The molecule has 0 unspecified atom stereocenters. The molecule has 1 aliphatic heterocycles. The summed E-state index contributed by atoms with van der Waals surface area (Å²) in [6, 6.07) is 9.53. The first-order chi connectivity index (χ1) is 9.72. The van der Waals surface area contributed by atoms with Gasteiger partial charge in [0.2, 0.25) is 0 Å². The molecule has 1 aromatic carbocycles. The van der Waals surface area contributed by atoms with E-state index in [-0.39, 0.29) is 0 Å². The number of ether oxygens (including phenoxy) is 1. The Morgan fingerprint density at radius 1 is 1.15 bits per heavy atom. The molecule has 2 heterocycles. The second-order valence-electron chi connectivity index (χ2n) is 4.60. The van der Waals surface area contributed by atoms with E-state index in [4.69, 9.17) is 10.5 Å². The molecule has 3 rings (SSSR count). The summed E-state index contributed by atoms with van der Waals surface area (Å²) in [7, 11) is 0. The molecule has 0 amide bonds. The zero-order valence-electron chi connectivity index (χ0n) is 10.9. The van der Waals surface area contributed by atoms with E-state index >= 15 is 0 Å². The molecule has 0 radical (unpaired) electrons.